The molecule has 0 saturated heterocycles. The molecule has 0 unspecified atom stereocenters. The van der Waals surface area contributed by atoms with Gasteiger partial charge >= 0.3 is 0 Å². The summed E-state index contributed by atoms with van der Waals surface area (Å²) in [5.74, 6) is 0.725. The van der Waals surface area contributed by atoms with Crippen molar-refractivity contribution in [3.63, 3.8) is 0 Å². The van der Waals surface area contributed by atoms with Crippen molar-refractivity contribution in [2.24, 2.45) is 13.0 Å². The highest BCUT2D eigenvalue weighted by molar-refractivity contribution is 5.94. The maximum atomic E-state index is 13.1. The number of carbonyl (C=O) groups excluding carboxylic acids is 1. The molecule has 2 aromatic rings. The average molecular weight is 340 g/mol. The Morgan fingerprint density at radius 3 is 2.88 bits per heavy atom. The van der Waals surface area contributed by atoms with E-state index in [1.54, 1.807) is 12.4 Å². The third-order valence-electron chi connectivity index (χ3n) is 5.09. The Morgan fingerprint density at radius 2 is 2.12 bits per heavy atom. The summed E-state index contributed by atoms with van der Waals surface area (Å²) in [7, 11) is 1.94. The Kier molecular flexibility index (Phi) is 4.29. The lowest BCUT2D eigenvalue weighted by Gasteiger charge is -2.36. The first-order chi connectivity index (χ1) is 12.1. The Morgan fingerprint density at radius 1 is 1.28 bits per heavy atom. The van der Waals surface area contributed by atoms with Crippen LogP contribution in [0.15, 0.2) is 24.7 Å². The molecular formula is C19H24N4O2. The molecule has 0 aromatic carbocycles. The molecule has 6 heteroatoms. The average Bonchev–Trinajstić information content (AvgIpc) is 3.36. The minimum atomic E-state index is -0.0944. The number of hydrogen-bond acceptors (Lipinski definition) is 4. The number of carbonyl (C=O) groups is 1. The van der Waals surface area contributed by atoms with E-state index in [1.807, 2.05) is 35.8 Å². The molecule has 2 aliphatic rings. The second kappa shape index (κ2) is 6.59. The van der Waals surface area contributed by atoms with Crippen LogP contribution in [0.2, 0.25) is 0 Å². The Balaban J connectivity index is 1.60. The maximum absolute atomic E-state index is 13.1. The van der Waals surface area contributed by atoms with Gasteiger partial charge in [0.2, 0.25) is 0 Å². The van der Waals surface area contributed by atoms with E-state index in [0.717, 1.165) is 24.3 Å². The van der Waals surface area contributed by atoms with Gasteiger partial charge in [0.05, 0.1) is 30.1 Å². The molecule has 4 rings (SSSR count). The molecule has 6 nitrogen and oxygen atoms in total. The topological polar surface area (TPSA) is 60.2 Å². The summed E-state index contributed by atoms with van der Waals surface area (Å²) >= 11 is 0. The number of ether oxygens (including phenoxy) is 1. The molecule has 1 fully saturated rings. The van der Waals surface area contributed by atoms with E-state index in [-0.39, 0.29) is 11.9 Å². The maximum Gasteiger partial charge on any atom is 0.256 e. The van der Waals surface area contributed by atoms with Crippen molar-refractivity contribution >= 4 is 5.91 Å². The van der Waals surface area contributed by atoms with E-state index >= 15 is 0 Å². The number of rotatable bonds is 5. The largest absolute Gasteiger partial charge is 0.379 e. The number of amides is 1. The van der Waals surface area contributed by atoms with Crippen LogP contribution in [0.3, 0.4) is 0 Å². The summed E-state index contributed by atoms with van der Waals surface area (Å²) < 4.78 is 7.85. The van der Waals surface area contributed by atoms with Gasteiger partial charge in [-0.25, -0.2) is 0 Å². The molecule has 3 heterocycles. The highest BCUT2D eigenvalue weighted by atomic mass is 16.5. The Hall–Kier alpha value is -2.21. The van der Waals surface area contributed by atoms with Crippen LogP contribution < -0.4 is 0 Å². The number of pyridine rings is 1. The zero-order valence-electron chi connectivity index (χ0n) is 14.8. The zero-order valence-corrected chi connectivity index (χ0v) is 14.8. The molecule has 1 amide bonds. The van der Waals surface area contributed by atoms with Crippen LogP contribution in [0.1, 0.15) is 46.1 Å². The van der Waals surface area contributed by atoms with Gasteiger partial charge in [0.25, 0.3) is 5.91 Å². The van der Waals surface area contributed by atoms with Crippen molar-refractivity contribution in [1.29, 1.82) is 0 Å². The lowest BCUT2D eigenvalue weighted by molar-refractivity contribution is 0.0348. The molecule has 0 spiro atoms. The molecular weight excluding hydrogens is 316 g/mol. The summed E-state index contributed by atoms with van der Waals surface area (Å²) in [5.41, 5.74) is 3.94. The van der Waals surface area contributed by atoms with Gasteiger partial charge in [-0.05, 0) is 49.3 Å². The van der Waals surface area contributed by atoms with E-state index in [2.05, 4.69) is 10.1 Å². The minimum Gasteiger partial charge on any atom is -0.379 e. The lowest BCUT2D eigenvalue weighted by Crippen LogP contribution is -2.43. The van der Waals surface area contributed by atoms with Crippen molar-refractivity contribution in [1.82, 2.24) is 19.7 Å². The minimum absolute atomic E-state index is 0.0167. The van der Waals surface area contributed by atoms with E-state index < -0.39 is 0 Å². The number of nitrogens with zero attached hydrogens (tertiary/aromatic N) is 4. The van der Waals surface area contributed by atoms with Gasteiger partial charge in [-0.15, -0.1) is 0 Å². The highest BCUT2D eigenvalue weighted by Gasteiger charge is 2.34. The zero-order chi connectivity index (χ0) is 17.4. The van der Waals surface area contributed by atoms with Gasteiger partial charge in [0.1, 0.15) is 0 Å². The van der Waals surface area contributed by atoms with Gasteiger partial charge in [0, 0.05) is 32.6 Å². The molecule has 0 radical (unpaired) electrons. The van der Waals surface area contributed by atoms with E-state index in [4.69, 9.17) is 4.74 Å². The SMILES string of the molecule is Cc1cncc(C(=O)N2CCc3cnn(C)c3[C@@H]2COCC2CC2)c1. The summed E-state index contributed by atoms with van der Waals surface area (Å²) in [4.78, 5) is 19.2. The molecule has 25 heavy (non-hydrogen) atoms. The molecule has 1 aliphatic carbocycles. The fraction of sp³-hybridized carbons (Fsp3) is 0.526. The molecule has 132 valence electrons. The van der Waals surface area contributed by atoms with Gasteiger partial charge in [-0.1, -0.05) is 0 Å². The summed E-state index contributed by atoms with van der Waals surface area (Å²) in [5, 5.41) is 4.40. The van der Waals surface area contributed by atoms with Crippen LogP contribution in [0.25, 0.3) is 0 Å². The first kappa shape index (κ1) is 16.3. The first-order valence-electron chi connectivity index (χ1n) is 8.94. The predicted molar refractivity (Wildman–Crippen MR) is 93.2 cm³/mol. The van der Waals surface area contributed by atoms with Gasteiger partial charge < -0.3 is 9.64 Å². The highest BCUT2D eigenvalue weighted by Crippen LogP contribution is 2.33. The first-order valence-corrected chi connectivity index (χ1v) is 8.94. The molecule has 0 bridgehead atoms. The Bertz CT molecular complexity index is 781. The van der Waals surface area contributed by atoms with E-state index in [9.17, 15) is 4.79 Å². The fourth-order valence-electron chi connectivity index (χ4n) is 3.54. The number of aryl methyl sites for hydroxylation is 2. The van der Waals surface area contributed by atoms with Crippen molar-refractivity contribution in [2.75, 3.05) is 19.8 Å². The third-order valence-corrected chi connectivity index (χ3v) is 5.09. The van der Waals surface area contributed by atoms with Crippen molar-refractivity contribution in [2.45, 2.75) is 32.2 Å². The quantitative estimate of drug-likeness (QED) is 0.838. The molecule has 1 aliphatic heterocycles. The van der Waals surface area contributed by atoms with Crippen LogP contribution in [-0.4, -0.2) is 45.3 Å². The second-order valence-electron chi connectivity index (χ2n) is 7.17. The number of hydrogen-bond donors (Lipinski definition) is 0. The van der Waals surface area contributed by atoms with Gasteiger partial charge in [-0.3, -0.25) is 14.5 Å². The molecule has 0 N–H and O–H groups in total. The monoisotopic (exact) mass is 340 g/mol. The standard InChI is InChI=1S/C19H24N4O2/c1-13-7-16(9-20-8-13)19(24)23-6-5-15-10-21-22(2)18(15)17(23)12-25-11-14-3-4-14/h7-10,14,17H,3-6,11-12H2,1-2H3/t17-/m0/s1. The predicted octanol–water partition coefficient (Wildman–Crippen LogP) is 2.29. The van der Waals surface area contributed by atoms with Gasteiger partial charge in [0.15, 0.2) is 0 Å². The molecule has 1 saturated carbocycles. The van der Waals surface area contributed by atoms with E-state index in [1.165, 1.54) is 18.4 Å². The number of fused-ring (bicyclic) bond motifs is 1. The lowest BCUT2D eigenvalue weighted by atomic mass is 9.99. The number of aromatic nitrogens is 3. The normalized spacial score (nSPS) is 19.8. The summed E-state index contributed by atoms with van der Waals surface area (Å²) in [6.07, 6.45) is 8.68. The smallest absolute Gasteiger partial charge is 0.256 e. The molecule has 2 aromatic heterocycles. The van der Waals surface area contributed by atoms with Crippen LogP contribution in [-0.2, 0) is 18.2 Å². The van der Waals surface area contributed by atoms with Crippen LogP contribution in [0.4, 0.5) is 0 Å². The Labute approximate surface area is 147 Å². The van der Waals surface area contributed by atoms with Gasteiger partial charge in [-0.2, -0.15) is 5.10 Å². The van der Waals surface area contributed by atoms with Crippen molar-refractivity contribution in [3.05, 3.63) is 47.0 Å². The van der Waals surface area contributed by atoms with Crippen LogP contribution in [0.5, 0.6) is 0 Å². The van der Waals surface area contributed by atoms with Crippen LogP contribution >= 0.6 is 0 Å². The van der Waals surface area contributed by atoms with Crippen LogP contribution in [0, 0.1) is 12.8 Å². The van der Waals surface area contributed by atoms with E-state index in [0.29, 0.717) is 24.6 Å². The van der Waals surface area contributed by atoms with Crippen molar-refractivity contribution in [3.8, 4) is 0 Å². The summed E-state index contributed by atoms with van der Waals surface area (Å²) in [6, 6.07) is 1.80. The van der Waals surface area contributed by atoms with Crippen molar-refractivity contribution < 1.29 is 9.53 Å². The summed E-state index contributed by atoms with van der Waals surface area (Å²) in [6.45, 7) is 3.95. The third kappa shape index (κ3) is 3.31. The second-order valence-corrected chi connectivity index (χ2v) is 7.17. The fourth-order valence-corrected chi connectivity index (χ4v) is 3.54. The molecule has 1 atom stereocenters.